The molecule has 0 radical (unpaired) electrons. The predicted molar refractivity (Wildman–Crippen MR) is 113 cm³/mol. The lowest BCUT2D eigenvalue weighted by molar-refractivity contribution is 0.509. The van der Waals surface area contributed by atoms with Crippen LogP contribution < -0.4 is 11.1 Å². The number of pyridine rings is 3. The molecule has 4 rings (SSSR count). The van der Waals surface area contributed by atoms with Gasteiger partial charge in [-0.15, -0.1) is 0 Å². The predicted octanol–water partition coefficient (Wildman–Crippen LogP) is 3.81. The van der Waals surface area contributed by atoms with E-state index in [0.717, 1.165) is 12.0 Å². The van der Waals surface area contributed by atoms with E-state index in [1.165, 1.54) is 0 Å². The van der Waals surface area contributed by atoms with E-state index in [2.05, 4.69) is 18.8 Å². The summed E-state index contributed by atoms with van der Waals surface area (Å²) in [6.45, 7) is 5.42. The smallest absolute Gasteiger partial charge is 0.260 e. The fourth-order valence-corrected chi connectivity index (χ4v) is 3.38. The Balaban J connectivity index is 1.82. The van der Waals surface area contributed by atoms with Gasteiger partial charge in [-0.25, -0.2) is 4.98 Å². The van der Waals surface area contributed by atoms with Crippen LogP contribution in [0.4, 0.5) is 0 Å². The van der Waals surface area contributed by atoms with Gasteiger partial charge in [0, 0.05) is 18.9 Å². The lowest BCUT2D eigenvalue weighted by Crippen LogP contribution is -2.23. The molecule has 0 amide bonds. The second-order valence-corrected chi connectivity index (χ2v) is 7.59. The molecule has 3 heterocycles. The van der Waals surface area contributed by atoms with Crippen molar-refractivity contribution in [3.05, 3.63) is 87.2 Å². The minimum atomic E-state index is -0.132. The van der Waals surface area contributed by atoms with E-state index in [9.17, 15) is 9.59 Å². The third-order valence-corrected chi connectivity index (χ3v) is 5.03. The maximum Gasteiger partial charge on any atom is 0.260 e. The second kappa shape index (κ2) is 7.43. The summed E-state index contributed by atoms with van der Waals surface area (Å²) in [6.07, 6.45) is 4.49. The van der Waals surface area contributed by atoms with Gasteiger partial charge in [0.15, 0.2) is 0 Å². The molecule has 0 spiro atoms. The van der Waals surface area contributed by atoms with Crippen molar-refractivity contribution in [1.82, 2.24) is 14.1 Å². The lowest BCUT2D eigenvalue weighted by atomic mass is 10.1. The highest BCUT2D eigenvalue weighted by atomic mass is 16.1. The standard InChI is InChI=1S/C23H23N3O2/c1-16(2)8-11-25-12-9-20-18(22(25)27)14-19-21(24-20)10-13-26(23(19)28)15-17-6-4-3-5-7-17/h3-7,9-10,12-14,16H,8,11,15H2,1-2H3. The minimum absolute atomic E-state index is 0.0922. The van der Waals surface area contributed by atoms with E-state index in [0.29, 0.717) is 40.8 Å². The molecule has 3 aromatic heterocycles. The van der Waals surface area contributed by atoms with Crippen LogP contribution in [0.5, 0.6) is 0 Å². The van der Waals surface area contributed by atoms with E-state index in [1.54, 1.807) is 27.6 Å². The highest BCUT2D eigenvalue weighted by Crippen LogP contribution is 2.15. The first-order valence-electron chi connectivity index (χ1n) is 9.60. The van der Waals surface area contributed by atoms with Gasteiger partial charge in [-0.1, -0.05) is 44.2 Å². The SMILES string of the molecule is CC(C)CCn1ccc2nc3ccn(Cc4ccccc4)c(=O)c3cc2c1=O. The van der Waals surface area contributed by atoms with Crippen LogP contribution in [0, 0.1) is 5.92 Å². The topological polar surface area (TPSA) is 56.9 Å². The lowest BCUT2D eigenvalue weighted by Gasteiger charge is -2.10. The summed E-state index contributed by atoms with van der Waals surface area (Å²) >= 11 is 0. The zero-order valence-corrected chi connectivity index (χ0v) is 16.1. The van der Waals surface area contributed by atoms with Crippen molar-refractivity contribution < 1.29 is 0 Å². The first-order chi connectivity index (χ1) is 13.5. The Morgan fingerprint density at radius 1 is 0.857 bits per heavy atom. The van der Waals surface area contributed by atoms with Crippen LogP contribution in [0.3, 0.4) is 0 Å². The van der Waals surface area contributed by atoms with Crippen LogP contribution in [0.15, 0.2) is 70.5 Å². The zero-order chi connectivity index (χ0) is 19.7. The van der Waals surface area contributed by atoms with Crippen LogP contribution in [0.1, 0.15) is 25.8 Å². The summed E-state index contributed by atoms with van der Waals surface area (Å²) in [7, 11) is 0. The molecule has 0 aliphatic carbocycles. The number of aryl methyl sites for hydroxylation is 1. The van der Waals surface area contributed by atoms with Crippen LogP contribution >= 0.6 is 0 Å². The molecule has 142 valence electrons. The summed E-state index contributed by atoms with van der Waals surface area (Å²) in [5.74, 6) is 0.516. The summed E-state index contributed by atoms with van der Waals surface area (Å²) < 4.78 is 3.37. The van der Waals surface area contributed by atoms with Gasteiger partial charge in [-0.3, -0.25) is 9.59 Å². The van der Waals surface area contributed by atoms with Gasteiger partial charge in [-0.05, 0) is 36.1 Å². The molecule has 0 saturated heterocycles. The van der Waals surface area contributed by atoms with E-state index in [1.807, 2.05) is 42.5 Å². The highest BCUT2D eigenvalue weighted by molar-refractivity contribution is 5.91. The zero-order valence-electron chi connectivity index (χ0n) is 16.1. The Hall–Kier alpha value is -3.21. The molecule has 0 N–H and O–H groups in total. The molecular formula is C23H23N3O2. The van der Waals surface area contributed by atoms with Gasteiger partial charge in [0.2, 0.25) is 0 Å². The van der Waals surface area contributed by atoms with Crippen molar-refractivity contribution in [3.8, 4) is 0 Å². The van der Waals surface area contributed by atoms with Gasteiger partial charge < -0.3 is 9.13 Å². The molecule has 5 heteroatoms. The fourth-order valence-electron chi connectivity index (χ4n) is 3.38. The Labute approximate surface area is 162 Å². The van der Waals surface area contributed by atoms with E-state index in [-0.39, 0.29) is 11.1 Å². The number of hydrogen-bond donors (Lipinski definition) is 0. The van der Waals surface area contributed by atoms with E-state index >= 15 is 0 Å². The summed E-state index contributed by atoms with van der Waals surface area (Å²) in [4.78, 5) is 30.4. The largest absolute Gasteiger partial charge is 0.315 e. The third-order valence-electron chi connectivity index (χ3n) is 5.03. The fraction of sp³-hybridized carbons (Fsp3) is 0.261. The number of benzene rings is 1. The molecule has 1 aromatic carbocycles. The van der Waals surface area contributed by atoms with Crippen LogP contribution in [0.25, 0.3) is 21.8 Å². The molecule has 0 atom stereocenters. The number of fused-ring (bicyclic) bond motifs is 2. The molecule has 28 heavy (non-hydrogen) atoms. The normalized spacial score (nSPS) is 11.5. The van der Waals surface area contributed by atoms with Crippen LogP contribution in [0.2, 0.25) is 0 Å². The average Bonchev–Trinajstić information content (AvgIpc) is 2.69. The first-order valence-corrected chi connectivity index (χ1v) is 9.60. The Morgan fingerprint density at radius 2 is 1.46 bits per heavy atom. The van der Waals surface area contributed by atoms with Crippen LogP contribution in [-0.2, 0) is 13.1 Å². The number of hydrogen-bond acceptors (Lipinski definition) is 3. The highest BCUT2D eigenvalue weighted by Gasteiger charge is 2.10. The molecule has 0 aliphatic heterocycles. The van der Waals surface area contributed by atoms with Crippen molar-refractivity contribution in [2.24, 2.45) is 5.92 Å². The van der Waals surface area contributed by atoms with Crippen molar-refractivity contribution >= 4 is 21.8 Å². The van der Waals surface area contributed by atoms with E-state index in [4.69, 9.17) is 0 Å². The van der Waals surface area contributed by atoms with Gasteiger partial charge in [0.05, 0.1) is 28.4 Å². The van der Waals surface area contributed by atoms with Gasteiger partial charge in [0.1, 0.15) is 0 Å². The number of aromatic nitrogens is 3. The minimum Gasteiger partial charge on any atom is -0.315 e. The summed E-state index contributed by atoms with van der Waals surface area (Å²) in [5.41, 5.74) is 2.06. The number of rotatable bonds is 5. The quantitative estimate of drug-likeness (QED) is 0.500. The third kappa shape index (κ3) is 3.48. The molecular weight excluding hydrogens is 350 g/mol. The Bertz CT molecular complexity index is 1250. The maximum atomic E-state index is 13.0. The van der Waals surface area contributed by atoms with Gasteiger partial charge in [-0.2, -0.15) is 0 Å². The van der Waals surface area contributed by atoms with Crippen molar-refractivity contribution in [3.63, 3.8) is 0 Å². The average molecular weight is 373 g/mol. The molecule has 0 unspecified atom stereocenters. The number of nitrogens with zero attached hydrogens (tertiary/aromatic N) is 3. The summed E-state index contributed by atoms with van der Waals surface area (Å²) in [6, 6.07) is 15.2. The van der Waals surface area contributed by atoms with Crippen molar-refractivity contribution in [2.75, 3.05) is 0 Å². The molecule has 0 bridgehead atoms. The Morgan fingerprint density at radius 3 is 2.11 bits per heavy atom. The van der Waals surface area contributed by atoms with Gasteiger partial charge in [0.25, 0.3) is 11.1 Å². The van der Waals surface area contributed by atoms with E-state index < -0.39 is 0 Å². The summed E-state index contributed by atoms with van der Waals surface area (Å²) in [5, 5.41) is 0.970. The Kier molecular flexibility index (Phi) is 4.82. The van der Waals surface area contributed by atoms with Crippen LogP contribution in [-0.4, -0.2) is 14.1 Å². The molecule has 5 nitrogen and oxygen atoms in total. The van der Waals surface area contributed by atoms with Crippen molar-refractivity contribution in [1.29, 1.82) is 0 Å². The molecule has 0 fully saturated rings. The molecule has 0 aliphatic rings. The molecule has 0 saturated carbocycles. The second-order valence-electron chi connectivity index (χ2n) is 7.59. The first kappa shape index (κ1) is 18.2. The monoisotopic (exact) mass is 373 g/mol. The maximum absolute atomic E-state index is 13.0. The van der Waals surface area contributed by atoms with Gasteiger partial charge >= 0.3 is 0 Å². The van der Waals surface area contributed by atoms with Crippen molar-refractivity contribution in [2.45, 2.75) is 33.4 Å². The molecule has 4 aromatic rings.